The Balaban J connectivity index is 2.48. The van der Waals surface area contributed by atoms with Crippen LogP contribution in [0.25, 0.3) is 0 Å². The molecule has 0 saturated heterocycles. The molecule has 18 heavy (non-hydrogen) atoms. The largest absolute Gasteiger partial charge is 0.311 e. The molecule has 0 amide bonds. The van der Waals surface area contributed by atoms with E-state index in [0.29, 0.717) is 0 Å². The maximum Gasteiger partial charge on any atom is 0.0669 e. The Hall–Kier alpha value is -1.33. The first-order valence-electron chi connectivity index (χ1n) is 6.67. The van der Waals surface area contributed by atoms with Gasteiger partial charge in [-0.15, -0.1) is 0 Å². The van der Waals surface area contributed by atoms with Crippen LogP contribution in [0.1, 0.15) is 45.2 Å². The van der Waals surface area contributed by atoms with E-state index in [1.54, 1.807) is 0 Å². The number of nitrogens with one attached hydrogen (secondary N) is 1. The molecule has 1 atom stereocenters. The number of hydrogen-bond acceptors (Lipinski definition) is 2. The van der Waals surface area contributed by atoms with E-state index in [4.69, 9.17) is 5.26 Å². The summed E-state index contributed by atoms with van der Waals surface area (Å²) in [5, 5.41) is 12.2. The Labute approximate surface area is 111 Å². The fourth-order valence-electron chi connectivity index (χ4n) is 1.79. The molecule has 1 N–H and O–H groups in total. The van der Waals surface area contributed by atoms with E-state index < -0.39 is 0 Å². The lowest BCUT2D eigenvalue weighted by Gasteiger charge is -2.19. The van der Waals surface area contributed by atoms with E-state index in [1.807, 2.05) is 6.92 Å². The van der Waals surface area contributed by atoms with E-state index in [9.17, 15) is 0 Å². The average Bonchev–Trinajstić information content (AvgIpc) is 2.34. The third kappa shape index (κ3) is 4.50. The predicted molar refractivity (Wildman–Crippen MR) is 76.2 cm³/mol. The van der Waals surface area contributed by atoms with Crippen LogP contribution in [-0.4, -0.2) is 6.54 Å². The molecule has 2 nitrogen and oxygen atoms in total. The predicted octanol–water partition coefficient (Wildman–Crippen LogP) is 3.62. The molecule has 0 radical (unpaired) electrons. The molecule has 2 heteroatoms. The number of nitriles is 1. The zero-order valence-corrected chi connectivity index (χ0v) is 12.0. The Morgan fingerprint density at radius 3 is 2.28 bits per heavy atom. The van der Waals surface area contributed by atoms with E-state index in [1.165, 1.54) is 11.1 Å². The lowest BCUT2D eigenvalue weighted by Crippen LogP contribution is -2.21. The van der Waals surface area contributed by atoms with Gasteiger partial charge in [0.2, 0.25) is 0 Å². The van der Waals surface area contributed by atoms with Crippen molar-refractivity contribution < 1.29 is 0 Å². The zero-order chi connectivity index (χ0) is 13.6. The smallest absolute Gasteiger partial charge is 0.0669 e. The van der Waals surface area contributed by atoms with E-state index in [-0.39, 0.29) is 11.3 Å². The standard InChI is InChI=1S/C16H24N2/c1-5-13(10-17)11-18-12-14-6-8-15(9-7-14)16(2,3)4/h6-9,13,18H,5,11-12H2,1-4H3. The first-order valence-corrected chi connectivity index (χ1v) is 6.67. The van der Waals surface area contributed by atoms with Crippen LogP contribution >= 0.6 is 0 Å². The Morgan fingerprint density at radius 2 is 1.83 bits per heavy atom. The first kappa shape index (κ1) is 14.7. The van der Waals surface area contributed by atoms with Crippen molar-refractivity contribution in [2.45, 2.75) is 46.1 Å². The molecule has 1 aromatic rings. The van der Waals surface area contributed by atoms with Crippen molar-refractivity contribution in [3.8, 4) is 6.07 Å². The van der Waals surface area contributed by atoms with E-state index >= 15 is 0 Å². The summed E-state index contributed by atoms with van der Waals surface area (Å²) < 4.78 is 0. The topological polar surface area (TPSA) is 35.8 Å². The van der Waals surface area contributed by atoms with Gasteiger partial charge in [-0.3, -0.25) is 0 Å². The van der Waals surface area contributed by atoms with Crippen molar-refractivity contribution in [2.75, 3.05) is 6.54 Å². The molecule has 1 aromatic carbocycles. The number of rotatable bonds is 5. The summed E-state index contributed by atoms with van der Waals surface area (Å²) >= 11 is 0. The highest BCUT2D eigenvalue weighted by Crippen LogP contribution is 2.22. The fraction of sp³-hybridized carbons (Fsp3) is 0.562. The SMILES string of the molecule is CCC(C#N)CNCc1ccc(C(C)(C)C)cc1. The molecule has 0 spiro atoms. The van der Waals surface area contributed by atoms with Gasteiger partial charge in [-0.2, -0.15) is 5.26 Å². The minimum absolute atomic E-state index is 0.124. The van der Waals surface area contributed by atoms with Gasteiger partial charge in [0.15, 0.2) is 0 Å². The van der Waals surface area contributed by atoms with Crippen molar-refractivity contribution in [3.63, 3.8) is 0 Å². The van der Waals surface area contributed by atoms with Gasteiger partial charge in [-0.1, -0.05) is 52.0 Å². The second-order valence-corrected chi connectivity index (χ2v) is 5.81. The van der Waals surface area contributed by atoms with Crippen molar-refractivity contribution >= 4 is 0 Å². The monoisotopic (exact) mass is 244 g/mol. The molecule has 0 saturated carbocycles. The molecule has 98 valence electrons. The minimum Gasteiger partial charge on any atom is -0.311 e. The van der Waals surface area contributed by atoms with Crippen LogP contribution in [0.4, 0.5) is 0 Å². The quantitative estimate of drug-likeness (QED) is 0.858. The summed E-state index contributed by atoms with van der Waals surface area (Å²) in [6.45, 7) is 10.3. The van der Waals surface area contributed by atoms with E-state index in [0.717, 1.165) is 19.5 Å². The molecule has 1 unspecified atom stereocenters. The van der Waals surface area contributed by atoms with Crippen LogP contribution < -0.4 is 5.32 Å². The molecule has 1 rings (SSSR count). The van der Waals surface area contributed by atoms with Gasteiger partial charge >= 0.3 is 0 Å². The molecule has 0 aliphatic rings. The molecule has 0 fully saturated rings. The highest BCUT2D eigenvalue weighted by atomic mass is 14.9. The Kier molecular flexibility index (Phi) is 5.37. The fourth-order valence-corrected chi connectivity index (χ4v) is 1.79. The summed E-state index contributed by atoms with van der Waals surface area (Å²) in [7, 11) is 0. The molecular weight excluding hydrogens is 220 g/mol. The second-order valence-electron chi connectivity index (χ2n) is 5.81. The molecule has 0 aromatic heterocycles. The molecular formula is C16H24N2. The first-order chi connectivity index (χ1) is 8.47. The zero-order valence-electron chi connectivity index (χ0n) is 12.0. The van der Waals surface area contributed by atoms with Crippen LogP contribution in [0, 0.1) is 17.2 Å². The van der Waals surface area contributed by atoms with Crippen molar-refractivity contribution in [2.24, 2.45) is 5.92 Å². The van der Waals surface area contributed by atoms with Crippen LogP contribution in [0.3, 0.4) is 0 Å². The van der Waals surface area contributed by atoms with Gasteiger partial charge in [0, 0.05) is 13.1 Å². The van der Waals surface area contributed by atoms with Crippen LogP contribution in [0.15, 0.2) is 24.3 Å². The van der Waals surface area contributed by atoms with Crippen LogP contribution in [0.2, 0.25) is 0 Å². The Morgan fingerprint density at radius 1 is 1.22 bits per heavy atom. The highest BCUT2D eigenvalue weighted by molar-refractivity contribution is 5.27. The van der Waals surface area contributed by atoms with Gasteiger partial charge in [0.1, 0.15) is 0 Å². The van der Waals surface area contributed by atoms with Gasteiger partial charge in [0.25, 0.3) is 0 Å². The summed E-state index contributed by atoms with van der Waals surface area (Å²) in [6, 6.07) is 11.0. The van der Waals surface area contributed by atoms with Crippen molar-refractivity contribution in [1.29, 1.82) is 5.26 Å². The maximum atomic E-state index is 8.86. The van der Waals surface area contributed by atoms with Crippen LogP contribution in [0.5, 0.6) is 0 Å². The number of benzene rings is 1. The summed E-state index contributed by atoms with van der Waals surface area (Å²) in [4.78, 5) is 0. The average molecular weight is 244 g/mol. The van der Waals surface area contributed by atoms with Crippen molar-refractivity contribution in [1.82, 2.24) is 5.32 Å². The van der Waals surface area contributed by atoms with Crippen LogP contribution in [-0.2, 0) is 12.0 Å². The minimum atomic E-state index is 0.124. The normalized spacial score (nSPS) is 13.1. The van der Waals surface area contributed by atoms with Gasteiger partial charge < -0.3 is 5.32 Å². The number of nitrogens with zero attached hydrogens (tertiary/aromatic N) is 1. The molecule has 0 aliphatic carbocycles. The van der Waals surface area contributed by atoms with Gasteiger partial charge in [-0.05, 0) is 23.0 Å². The summed E-state index contributed by atoms with van der Waals surface area (Å²) in [6.07, 6.45) is 0.909. The maximum absolute atomic E-state index is 8.86. The third-order valence-electron chi connectivity index (χ3n) is 3.22. The second kappa shape index (κ2) is 6.56. The lowest BCUT2D eigenvalue weighted by molar-refractivity contribution is 0.552. The summed E-state index contributed by atoms with van der Waals surface area (Å²) in [5.74, 6) is 0.124. The van der Waals surface area contributed by atoms with Gasteiger partial charge in [0.05, 0.1) is 12.0 Å². The molecule has 0 bridgehead atoms. The number of hydrogen-bond donors (Lipinski definition) is 1. The molecule has 0 heterocycles. The van der Waals surface area contributed by atoms with Gasteiger partial charge in [-0.25, -0.2) is 0 Å². The third-order valence-corrected chi connectivity index (χ3v) is 3.22. The van der Waals surface area contributed by atoms with E-state index in [2.05, 4.69) is 56.4 Å². The van der Waals surface area contributed by atoms with Crippen molar-refractivity contribution in [3.05, 3.63) is 35.4 Å². The summed E-state index contributed by atoms with van der Waals surface area (Å²) in [5.41, 5.74) is 2.84. The highest BCUT2D eigenvalue weighted by Gasteiger charge is 2.12. The molecule has 0 aliphatic heterocycles. The Bertz CT molecular complexity index is 393. The lowest BCUT2D eigenvalue weighted by atomic mass is 9.87.